The van der Waals surface area contributed by atoms with Gasteiger partial charge in [0.1, 0.15) is 0 Å². The Balaban J connectivity index is 1.20. The molecule has 0 saturated heterocycles. The molecule has 1 N–H and O–H groups in total. The molecule has 7 aromatic rings. The lowest BCUT2D eigenvalue weighted by Gasteiger charge is -2.21. The first-order chi connectivity index (χ1) is 22.5. The number of hydrogen-bond donors (Lipinski definition) is 1. The van der Waals surface area contributed by atoms with Gasteiger partial charge in [-0.1, -0.05) is 129 Å². The predicted octanol–water partition coefficient (Wildman–Crippen LogP) is 9.98. The fourth-order valence-corrected chi connectivity index (χ4v) is 6.81. The highest BCUT2D eigenvalue weighted by Crippen LogP contribution is 2.50. The Kier molecular flexibility index (Phi) is 6.58. The van der Waals surface area contributed by atoms with E-state index in [1.807, 2.05) is 66.9 Å². The largest absolute Gasteiger partial charge is 0.309 e. The zero-order valence-electron chi connectivity index (χ0n) is 25.8. The normalized spacial score (nSPS) is 13.7. The predicted molar refractivity (Wildman–Crippen MR) is 192 cm³/mol. The maximum Gasteiger partial charge on any atom is 0.161 e. The molecule has 4 heteroatoms. The molecule has 0 aliphatic heterocycles. The van der Waals surface area contributed by atoms with Gasteiger partial charge < -0.3 is 4.57 Å². The lowest BCUT2D eigenvalue weighted by Crippen LogP contribution is -2.14. The van der Waals surface area contributed by atoms with Gasteiger partial charge in [-0.3, -0.25) is 5.41 Å². The van der Waals surface area contributed by atoms with Gasteiger partial charge in [0.05, 0.1) is 11.0 Å². The molecule has 6 aromatic carbocycles. The number of aliphatic imine (C=N–C) groups is 2. The smallest absolute Gasteiger partial charge is 0.161 e. The first-order valence-electron chi connectivity index (χ1n) is 15.6. The fourth-order valence-electron chi connectivity index (χ4n) is 6.81. The number of aromatic nitrogens is 1. The molecular formula is C42H32N4. The van der Waals surface area contributed by atoms with Crippen molar-refractivity contribution in [2.75, 3.05) is 0 Å². The van der Waals surface area contributed by atoms with Crippen LogP contribution in [0.25, 0.3) is 38.6 Å². The molecule has 46 heavy (non-hydrogen) atoms. The summed E-state index contributed by atoms with van der Waals surface area (Å²) in [5.41, 5.74) is 11.4. The van der Waals surface area contributed by atoms with Crippen molar-refractivity contribution in [2.24, 2.45) is 9.98 Å². The number of hydrogen-bond acceptors (Lipinski definition) is 1. The molecule has 0 spiro atoms. The van der Waals surface area contributed by atoms with Gasteiger partial charge >= 0.3 is 0 Å². The van der Waals surface area contributed by atoms with Crippen LogP contribution in [0.2, 0.25) is 0 Å². The average Bonchev–Trinajstić information content (AvgIpc) is 3.55. The Morgan fingerprint density at radius 3 is 2.02 bits per heavy atom. The van der Waals surface area contributed by atoms with Crippen LogP contribution >= 0.6 is 0 Å². The van der Waals surface area contributed by atoms with E-state index in [0.29, 0.717) is 5.84 Å². The number of amidine groups is 2. The van der Waals surface area contributed by atoms with Crippen molar-refractivity contribution in [1.29, 1.82) is 5.41 Å². The van der Waals surface area contributed by atoms with Crippen molar-refractivity contribution in [1.82, 2.24) is 4.57 Å². The Bertz CT molecular complexity index is 2320. The molecule has 4 nitrogen and oxygen atoms in total. The minimum absolute atomic E-state index is 0.0498. The number of benzene rings is 6. The van der Waals surface area contributed by atoms with Gasteiger partial charge in [-0.05, 0) is 58.1 Å². The fraction of sp³-hybridized carbons (Fsp3) is 0.0714. The second-order valence-electron chi connectivity index (χ2n) is 12.3. The van der Waals surface area contributed by atoms with Crippen LogP contribution in [0.1, 0.15) is 41.7 Å². The van der Waals surface area contributed by atoms with Crippen LogP contribution in [0.5, 0.6) is 0 Å². The van der Waals surface area contributed by atoms with E-state index in [0.717, 1.165) is 22.4 Å². The Labute approximate surface area is 268 Å². The summed E-state index contributed by atoms with van der Waals surface area (Å²) in [4.78, 5) is 9.38. The molecule has 0 saturated carbocycles. The minimum atomic E-state index is -0.0498. The topological polar surface area (TPSA) is 53.5 Å². The van der Waals surface area contributed by atoms with E-state index in [4.69, 9.17) is 10.4 Å². The lowest BCUT2D eigenvalue weighted by atomic mass is 9.82. The van der Waals surface area contributed by atoms with E-state index in [1.54, 1.807) is 0 Å². The second-order valence-corrected chi connectivity index (χ2v) is 12.3. The second kappa shape index (κ2) is 10.9. The van der Waals surface area contributed by atoms with E-state index in [1.165, 1.54) is 44.1 Å². The number of nitrogens with zero attached hydrogens (tertiary/aromatic N) is 3. The molecule has 0 amide bonds. The van der Waals surface area contributed by atoms with Crippen molar-refractivity contribution in [3.63, 3.8) is 0 Å². The molecular weight excluding hydrogens is 560 g/mol. The van der Waals surface area contributed by atoms with Crippen molar-refractivity contribution in [3.05, 3.63) is 173 Å². The van der Waals surface area contributed by atoms with Crippen LogP contribution in [0.4, 0.5) is 0 Å². The van der Waals surface area contributed by atoms with E-state index < -0.39 is 0 Å². The maximum atomic E-state index is 8.58. The summed E-state index contributed by atoms with van der Waals surface area (Å²) in [5.74, 6) is 0.675. The summed E-state index contributed by atoms with van der Waals surface area (Å²) >= 11 is 0. The van der Waals surface area contributed by atoms with Gasteiger partial charge in [-0.15, -0.1) is 0 Å². The zero-order chi connectivity index (χ0) is 31.3. The Morgan fingerprint density at radius 1 is 0.609 bits per heavy atom. The van der Waals surface area contributed by atoms with E-state index in [2.05, 4.69) is 108 Å². The first-order valence-corrected chi connectivity index (χ1v) is 15.6. The number of para-hydroxylation sites is 1. The summed E-state index contributed by atoms with van der Waals surface area (Å²) in [5, 5.41) is 11.1. The number of rotatable bonds is 4. The zero-order valence-corrected chi connectivity index (χ0v) is 25.8. The Morgan fingerprint density at radius 2 is 1.26 bits per heavy atom. The highest BCUT2D eigenvalue weighted by atomic mass is 15.0. The molecule has 220 valence electrons. The summed E-state index contributed by atoms with van der Waals surface area (Å²) in [6.45, 7) is 4.67. The van der Waals surface area contributed by atoms with Crippen molar-refractivity contribution in [2.45, 2.75) is 19.3 Å². The van der Waals surface area contributed by atoms with Crippen LogP contribution < -0.4 is 0 Å². The Hall–Kier alpha value is -5.87. The summed E-state index contributed by atoms with van der Waals surface area (Å²) in [7, 11) is 0. The highest BCUT2D eigenvalue weighted by molar-refractivity contribution is 6.13. The summed E-state index contributed by atoms with van der Waals surface area (Å²) in [6, 6.07) is 50.2. The summed E-state index contributed by atoms with van der Waals surface area (Å²) in [6.07, 6.45) is 1.83. The van der Waals surface area contributed by atoms with Crippen LogP contribution in [0.15, 0.2) is 156 Å². The highest BCUT2D eigenvalue weighted by Gasteiger charge is 2.36. The van der Waals surface area contributed by atoms with Gasteiger partial charge in [-0.25, -0.2) is 9.98 Å². The molecule has 1 aromatic heterocycles. The van der Waals surface area contributed by atoms with Crippen LogP contribution in [-0.2, 0) is 5.41 Å². The molecule has 0 bridgehead atoms. The third kappa shape index (κ3) is 4.58. The molecule has 1 aliphatic rings. The maximum absolute atomic E-state index is 8.58. The first kappa shape index (κ1) is 27.7. The third-order valence-electron chi connectivity index (χ3n) is 9.16. The van der Waals surface area contributed by atoms with Gasteiger partial charge in [-0.2, -0.15) is 0 Å². The van der Waals surface area contributed by atoms with E-state index in [-0.39, 0.29) is 11.3 Å². The quantitative estimate of drug-likeness (QED) is 0.156. The van der Waals surface area contributed by atoms with Crippen molar-refractivity contribution >= 4 is 39.7 Å². The van der Waals surface area contributed by atoms with Crippen molar-refractivity contribution < 1.29 is 0 Å². The van der Waals surface area contributed by atoms with Crippen LogP contribution in [0, 0.1) is 5.41 Å². The van der Waals surface area contributed by atoms with Crippen LogP contribution in [-0.4, -0.2) is 22.5 Å². The number of nitrogens with one attached hydrogen (secondary N) is 1. The minimum Gasteiger partial charge on any atom is -0.309 e. The molecule has 8 rings (SSSR count). The standard InChI is InChI=1S/C42H32N4/c1-42(2)36-19-11-9-17-32(36)34-26-39-35(25-37(34)42)33-18-10-12-20-38(33)46(39)31-23-21-28(22-24-31)27-44-41(30-15-7-4-8-16-30)45-40(43)29-13-5-3-6-14-29/h3-27,43H,1-2H3/b43-40?,44-27+,45-41-. The molecule has 1 heterocycles. The SMILES string of the molecule is CC1(C)c2ccccc2-c2cc3c(cc21)c1ccccc1n3-c1ccc(/C=N/C(=N\C(=N)c2ccccc2)c2ccccc2)cc1. The van der Waals surface area contributed by atoms with Gasteiger partial charge in [0.25, 0.3) is 0 Å². The van der Waals surface area contributed by atoms with E-state index in [9.17, 15) is 0 Å². The molecule has 1 aliphatic carbocycles. The molecule has 0 radical (unpaired) electrons. The molecule has 0 atom stereocenters. The average molecular weight is 593 g/mol. The third-order valence-corrected chi connectivity index (χ3v) is 9.16. The van der Waals surface area contributed by atoms with E-state index >= 15 is 0 Å². The van der Waals surface area contributed by atoms with Crippen LogP contribution in [0.3, 0.4) is 0 Å². The summed E-state index contributed by atoms with van der Waals surface area (Å²) < 4.78 is 2.37. The van der Waals surface area contributed by atoms with Gasteiger partial charge in [0, 0.05) is 39.2 Å². The van der Waals surface area contributed by atoms with Gasteiger partial charge in [0.2, 0.25) is 0 Å². The van der Waals surface area contributed by atoms with Gasteiger partial charge in [0.15, 0.2) is 11.7 Å². The molecule has 0 fully saturated rings. The molecule has 0 unspecified atom stereocenters. The lowest BCUT2D eigenvalue weighted by molar-refractivity contribution is 0.661. The number of fused-ring (bicyclic) bond motifs is 6. The monoisotopic (exact) mass is 592 g/mol. The van der Waals surface area contributed by atoms with Crippen molar-refractivity contribution in [3.8, 4) is 16.8 Å².